The zero-order valence-corrected chi connectivity index (χ0v) is 40.8. The summed E-state index contributed by atoms with van der Waals surface area (Å²) in [6.07, 6.45) is 0. The lowest BCUT2D eigenvalue weighted by Gasteiger charge is -2.31. The van der Waals surface area contributed by atoms with Crippen molar-refractivity contribution in [1.29, 1.82) is 0 Å². The van der Waals surface area contributed by atoms with Crippen molar-refractivity contribution in [3.63, 3.8) is 0 Å². The van der Waals surface area contributed by atoms with Crippen molar-refractivity contribution in [2.45, 2.75) is 5.41 Å². The molecular weight excluding hydrogens is 927 g/mol. The van der Waals surface area contributed by atoms with Crippen molar-refractivity contribution in [3.05, 3.63) is 271 Å². The van der Waals surface area contributed by atoms with Gasteiger partial charge in [0.05, 0.1) is 44.1 Å². The van der Waals surface area contributed by atoms with Crippen LogP contribution >= 0.6 is 0 Å². The second-order valence-corrected chi connectivity index (χ2v) is 20.1. The molecule has 11 aromatic carbocycles. The molecule has 0 fully saturated rings. The van der Waals surface area contributed by atoms with Crippen molar-refractivity contribution in [2.75, 3.05) is 0 Å². The van der Waals surface area contributed by atoms with E-state index in [0.29, 0.717) is 23.1 Å². The van der Waals surface area contributed by atoms with Gasteiger partial charge in [0.1, 0.15) is 11.2 Å². The number of aromatic nitrogens is 5. The zero-order chi connectivity index (χ0) is 49.6. The molecule has 1 spiro atoms. The highest BCUT2D eigenvalue weighted by Gasteiger charge is 2.54. The van der Waals surface area contributed by atoms with Gasteiger partial charge in [0, 0.05) is 49.3 Å². The van der Waals surface area contributed by atoms with Gasteiger partial charge in [-0.15, -0.1) is 0 Å². The van der Waals surface area contributed by atoms with E-state index in [2.05, 4.69) is 191 Å². The molecule has 2 aliphatic rings. The van der Waals surface area contributed by atoms with Gasteiger partial charge in [0.15, 0.2) is 17.5 Å². The van der Waals surface area contributed by atoms with Gasteiger partial charge < -0.3 is 13.6 Å². The van der Waals surface area contributed by atoms with E-state index in [1.165, 1.54) is 71.6 Å². The van der Waals surface area contributed by atoms with Crippen molar-refractivity contribution in [1.82, 2.24) is 24.1 Å². The SMILES string of the molecule is c1ccc(-c2nc(-c3ccccc3)nc(-c3ccc(-n4c5ccccc5c5c4c4c(c6c7ccccc7n(-c7ccccc7)c65)C5(c6ccccc6-c6ccccc65)c5ccccc5-4)c4c3oc3ccccc34)n2)cc1. The maximum atomic E-state index is 7.16. The third-order valence-electron chi connectivity index (χ3n) is 16.4. The molecule has 4 heterocycles. The molecule has 352 valence electrons. The van der Waals surface area contributed by atoms with Gasteiger partial charge in [0.2, 0.25) is 0 Å². The fourth-order valence-corrected chi connectivity index (χ4v) is 13.5. The molecule has 0 unspecified atom stereocenters. The summed E-state index contributed by atoms with van der Waals surface area (Å²) in [5, 5.41) is 6.83. The van der Waals surface area contributed by atoms with Gasteiger partial charge in [-0.05, 0) is 81.4 Å². The van der Waals surface area contributed by atoms with Crippen molar-refractivity contribution in [3.8, 4) is 67.8 Å². The summed E-state index contributed by atoms with van der Waals surface area (Å²) in [6.45, 7) is 0. The van der Waals surface area contributed by atoms with Crippen molar-refractivity contribution in [2.24, 2.45) is 0 Å². The third kappa shape index (κ3) is 5.36. The normalized spacial score (nSPS) is 13.1. The Morgan fingerprint density at radius 1 is 0.342 bits per heavy atom. The first-order chi connectivity index (χ1) is 37.8. The molecule has 0 atom stereocenters. The van der Waals surface area contributed by atoms with Crippen LogP contribution in [-0.2, 0) is 5.41 Å². The van der Waals surface area contributed by atoms with E-state index in [0.717, 1.165) is 61.0 Å². The molecule has 0 amide bonds. The number of benzene rings is 11. The highest BCUT2D eigenvalue weighted by Crippen LogP contribution is 2.67. The predicted molar refractivity (Wildman–Crippen MR) is 308 cm³/mol. The molecule has 6 heteroatoms. The molecule has 76 heavy (non-hydrogen) atoms. The Hall–Kier alpha value is -10.2. The van der Waals surface area contributed by atoms with Crippen LogP contribution in [0, 0.1) is 0 Å². The maximum absolute atomic E-state index is 7.16. The Kier molecular flexibility index (Phi) is 8.39. The van der Waals surface area contributed by atoms with Gasteiger partial charge in [-0.25, -0.2) is 15.0 Å². The van der Waals surface area contributed by atoms with Crippen LogP contribution in [0.15, 0.2) is 253 Å². The van der Waals surface area contributed by atoms with Crippen LogP contribution < -0.4 is 0 Å². The Morgan fingerprint density at radius 2 is 0.829 bits per heavy atom. The lowest BCUT2D eigenvalue weighted by Crippen LogP contribution is -2.26. The van der Waals surface area contributed by atoms with Crippen molar-refractivity contribution >= 4 is 65.6 Å². The number of nitrogens with zero attached hydrogens (tertiary/aromatic N) is 5. The number of fused-ring (bicyclic) bond motifs is 22. The average Bonchev–Trinajstić information content (AvgIpc) is 4.39. The van der Waals surface area contributed by atoms with E-state index < -0.39 is 5.41 Å². The Morgan fingerprint density at radius 3 is 1.47 bits per heavy atom. The van der Waals surface area contributed by atoms with Crippen LogP contribution in [0.2, 0.25) is 0 Å². The molecular formula is C70H41N5O. The topological polar surface area (TPSA) is 61.7 Å². The zero-order valence-electron chi connectivity index (χ0n) is 40.8. The van der Waals surface area contributed by atoms with Crippen molar-refractivity contribution < 1.29 is 4.42 Å². The average molecular weight is 968 g/mol. The molecule has 0 bridgehead atoms. The van der Waals surface area contributed by atoms with E-state index >= 15 is 0 Å². The van der Waals surface area contributed by atoms with Crippen LogP contribution in [0.25, 0.3) is 133 Å². The summed E-state index contributed by atoms with van der Waals surface area (Å²) in [7, 11) is 0. The first kappa shape index (κ1) is 41.3. The number of rotatable bonds is 5. The van der Waals surface area contributed by atoms with E-state index in [9.17, 15) is 0 Å². The van der Waals surface area contributed by atoms with E-state index in [1.807, 2.05) is 66.7 Å². The summed E-state index contributed by atoms with van der Waals surface area (Å²) in [5.41, 5.74) is 20.4. The molecule has 0 N–H and O–H groups in total. The maximum Gasteiger partial charge on any atom is 0.167 e. The van der Waals surface area contributed by atoms with Gasteiger partial charge in [-0.2, -0.15) is 0 Å². The lowest BCUT2D eigenvalue weighted by atomic mass is 9.69. The van der Waals surface area contributed by atoms with E-state index in [-0.39, 0.29) is 0 Å². The molecule has 0 saturated carbocycles. The summed E-state index contributed by atoms with van der Waals surface area (Å²) in [5.74, 6) is 1.72. The fraction of sp³-hybridized carbons (Fsp3) is 0.0143. The number of hydrogen-bond acceptors (Lipinski definition) is 4. The monoisotopic (exact) mass is 967 g/mol. The van der Waals surface area contributed by atoms with Crippen LogP contribution in [0.1, 0.15) is 22.3 Å². The lowest BCUT2D eigenvalue weighted by molar-refractivity contribution is 0.669. The Bertz CT molecular complexity index is 4830. The molecule has 4 aromatic heterocycles. The van der Waals surface area contributed by atoms with Crippen LogP contribution in [0.5, 0.6) is 0 Å². The quantitative estimate of drug-likeness (QED) is 0.172. The van der Waals surface area contributed by atoms with Crippen LogP contribution in [0.4, 0.5) is 0 Å². The van der Waals surface area contributed by atoms with Gasteiger partial charge in [0.25, 0.3) is 0 Å². The first-order valence-electron chi connectivity index (χ1n) is 25.9. The molecule has 0 saturated heterocycles. The molecule has 2 aliphatic carbocycles. The smallest absolute Gasteiger partial charge is 0.167 e. The van der Waals surface area contributed by atoms with E-state index in [1.54, 1.807) is 0 Å². The fourth-order valence-electron chi connectivity index (χ4n) is 13.5. The molecule has 17 rings (SSSR count). The summed E-state index contributed by atoms with van der Waals surface area (Å²) < 4.78 is 12.3. The molecule has 6 nitrogen and oxygen atoms in total. The summed E-state index contributed by atoms with van der Waals surface area (Å²) in [4.78, 5) is 15.6. The highest BCUT2D eigenvalue weighted by molar-refractivity contribution is 6.33. The minimum atomic E-state index is -0.647. The standard InChI is InChI=1S/C70H41N5O/c1-4-22-42(23-5-1)67-71-68(43-24-6-2-7-25-43)73-69(72-67)51-40-41-57(59-50-33-15-21-39-58(50)76-66(51)59)75-56-38-20-14-32-49(56)62-64-61(48-31-13-19-37-55(48)74(64)44-26-8-3-9-27-44)63-60(65(62)75)47-30-12-18-36-54(47)70(63)52-34-16-10-28-45(52)46-29-11-17-35-53(46)70/h1-41H. The Balaban J connectivity index is 1.08. The predicted octanol–water partition coefficient (Wildman–Crippen LogP) is 17.3. The third-order valence-corrected chi connectivity index (χ3v) is 16.4. The minimum Gasteiger partial charge on any atom is -0.455 e. The largest absolute Gasteiger partial charge is 0.455 e. The molecule has 0 radical (unpaired) electrons. The minimum absolute atomic E-state index is 0.537. The highest BCUT2D eigenvalue weighted by atomic mass is 16.3. The van der Waals surface area contributed by atoms with Crippen LogP contribution in [-0.4, -0.2) is 24.1 Å². The summed E-state index contributed by atoms with van der Waals surface area (Å²) in [6, 6.07) is 89.6. The van der Waals surface area contributed by atoms with Gasteiger partial charge >= 0.3 is 0 Å². The Labute approximate surface area is 436 Å². The van der Waals surface area contributed by atoms with Crippen LogP contribution in [0.3, 0.4) is 0 Å². The van der Waals surface area contributed by atoms with E-state index in [4.69, 9.17) is 19.4 Å². The second-order valence-electron chi connectivity index (χ2n) is 20.1. The number of hydrogen-bond donors (Lipinski definition) is 0. The number of para-hydroxylation sites is 4. The molecule has 15 aromatic rings. The van der Waals surface area contributed by atoms with Gasteiger partial charge in [-0.1, -0.05) is 206 Å². The number of furan rings is 1. The first-order valence-corrected chi connectivity index (χ1v) is 25.9. The summed E-state index contributed by atoms with van der Waals surface area (Å²) >= 11 is 0. The molecule has 0 aliphatic heterocycles. The van der Waals surface area contributed by atoms with Gasteiger partial charge in [-0.3, -0.25) is 0 Å². The second kappa shape index (κ2) is 15.4.